The Morgan fingerprint density at radius 2 is 2.05 bits per heavy atom. The smallest absolute Gasteiger partial charge is 0.207 e. The van der Waals surface area contributed by atoms with Crippen molar-refractivity contribution in [3.8, 4) is 0 Å². The van der Waals surface area contributed by atoms with Crippen LogP contribution in [-0.2, 0) is 6.54 Å². The lowest BCUT2D eigenvalue weighted by molar-refractivity contribution is 0.527. The fourth-order valence-corrected chi connectivity index (χ4v) is 2.93. The summed E-state index contributed by atoms with van der Waals surface area (Å²) in [6.07, 6.45) is 3.85. The van der Waals surface area contributed by atoms with Gasteiger partial charge in [-0.25, -0.2) is 4.98 Å². The molecule has 0 unspecified atom stereocenters. The van der Waals surface area contributed by atoms with Crippen LogP contribution in [0.3, 0.4) is 0 Å². The molecule has 3 nitrogen and oxygen atoms in total. The molecule has 19 heavy (non-hydrogen) atoms. The Balaban J connectivity index is 2.29. The molecule has 0 bridgehead atoms. The molecular weight excluding hydrogens is 302 g/mol. The average Bonchev–Trinajstić information content (AvgIpc) is 2.70. The summed E-state index contributed by atoms with van der Waals surface area (Å²) in [6.45, 7) is 9.58. The summed E-state index contributed by atoms with van der Waals surface area (Å²) >= 11 is 3.62. The van der Waals surface area contributed by atoms with Crippen LogP contribution >= 0.6 is 15.9 Å². The highest BCUT2D eigenvalue weighted by Gasteiger charge is 2.09. The summed E-state index contributed by atoms with van der Waals surface area (Å²) in [4.78, 5) is 4.40. The number of rotatable bonds is 4. The Labute approximate surface area is 123 Å². The molecule has 0 saturated carbocycles. The maximum atomic E-state index is 4.40. The van der Waals surface area contributed by atoms with Gasteiger partial charge in [-0.2, -0.15) is 0 Å². The van der Waals surface area contributed by atoms with Crippen LogP contribution in [0.2, 0.25) is 0 Å². The zero-order valence-corrected chi connectivity index (χ0v) is 13.5. The Bertz CT molecular complexity index is 550. The molecule has 2 aromatic rings. The minimum absolute atomic E-state index is 0.595. The SMILES string of the molecule is Cc1cc(C)c(Nc2nccn2CC(C)C)c(Br)c1. The zero-order valence-electron chi connectivity index (χ0n) is 11.9. The van der Waals surface area contributed by atoms with Gasteiger partial charge in [0.2, 0.25) is 5.95 Å². The zero-order chi connectivity index (χ0) is 14.0. The second kappa shape index (κ2) is 5.78. The van der Waals surface area contributed by atoms with E-state index in [-0.39, 0.29) is 0 Å². The van der Waals surface area contributed by atoms with Gasteiger partial charge in [-0.1, -0.05) is 19.9 Å². The number of anilines is 2. The van der Waals surface area contributed by atoms with Gasteiger partial charge in [0.25, 0.3) is 0 Å². The fourth-order valence-electron chi connectivity index (χ4n) is 2.16. The Morgan fingerprint density at radius 3 is 2.68 bits per heavy atom. The molecule has 2 rings (SSSR count). The highest BCUT2D eigenvalue weighted by atomic mass is 79.9. The van der Waals surface area contributed by atoms with Crippen molar-refractivity contribution in [1.82, 2.24) is 9.55 Å². The fraction of sp³-hybridized carbons (Fsp3) is 0.400. The first-order valence-corrected chi connectivity index (χ1v) is 7.31. The number of aryl methyl sites for hydroxylation is 2. The predicted molar refractivity (Wildman–Crippen MR) is 84.0 cm³/mol. The molecule has 0 radical (unpaired) electrons. The second-order valence-corrected chi connectivity index (χ2v) is 6.22. The maximum Gasteiger partial charge on any atom is 0.207 e. The third-order valence-corrected chi connectivity index (χ3v) is 3.57. The lowest BCUT2D eigenvalue weighted by Gasteiger charge is -2.15. The van der Waals surface area contributed by atoms with E-state index in [4.69, 9.17) is 0 Å². The number of benzene rings is 1. The molecule has 0 aliphatic carbocycles. The third kappa shape index (κ3) is 3.38. The second-order valence-electron chi connectivity index (χ2n) is 5.36. The van der Waals surface area contributed by atoms with Gasteiger partial charge in [-0.05, 0) is 52.9 Å². The lowest BCUT2D eigenvalue weighted by Crippen LogP contribution is -2.08. The van der Waals surface area contributed by atoms with E-state index in [1.807, 2.05) is 12.4 Å². The van der Waals surface area contributed by atoms with Crippen LogP contribution < -0.4 is 5.32 Å². The molecule has 0 atom stereocenters. The number of hydrogen-bond donors (Lipinski definition) is 1. The van der Waals surface area contributed by atoms with Crippen LogP contribution in [0.25, 0.3) is 0 Å². The molecule has 0 spiro atoms. The van der Waals surface area contributed by atoms with Crippen LogP contribution in [0.15, 0.2) is 29.0 Å². The first-order chi connectivity index (χ1) is 8.97. The van der Waals surface area contributed by atoms with E-state index in [2.05, 4.69) is 70.6 Å². The van der Waals surface area contributed by atoms with E-state index in [1.54, 1.807) is 0 Å². The molecule has 1 aromatic heterocycles. The Kier molecular flexibility index (Phi) is 4.30. The van der Waals surface area contributed by atoms with Crippen molar-refractivity contribution < 1.29 is 0 Å². The molecule has 0 fully saturated rings. The van der Waals surface area contributed by atoms with Crippen LogP contribution in [0.1, 0.15) is 25.0 Å². The molecule has 4 heteroatoms. The molecule has 1 N–H and O–H groups in total. The number of aromatic nitrogens is 2. The number of imidazole rings is 1. The van der Waals surface area contributed by atoms with Crippen LogP contribution in [0, 0.1) is 19.8 Å². The lowest BCUT2D eigenvalue weighted by atomic mass is 10.1. The third-order valence-electron chi connectivity index (χ3n) is 2.95. The van der Waals surface area contributed by atoms with E-state index < -0.39 is 0 Å². The van der Waals surface area contributed by atoms with Crippen molar-refractivity contribution in [3.63, 3.8) is 0 Å². The van der Waals surface area contributed by atoms with Crippen LogP contribution in [0.5, 0.6) is 0 Å². The van der Waals surface area contributed by atoms with Gasteiger partial charge in [-0.15, -0.1) is 0 Å². The van der Waals surface area contributed by atoms with Crippen molar-refractivity contribution >= 4 is 27.6 Å². The van der Waals surface area contributed by atoms with E-state index >= 15 is 0 Å². The average molecular weight is 322 g/mol. The van der Waals surface area contributed by atoms with Gasteiger partial charge in [0.1, 0.15) is 0 Å². The number of halogens is 1. The minimum Gasteiger partial charge on any atom is -0.324 e. The molecular formula is C15H20BrN3. The monoisotopic (exact) mass is 321 g/mol. The number of nitrogens with one attached hydrogen (secondary N) is 1. The van der Waals surface area contributed by atoms with Gasteiger partial charge in [0.15, 0.2) is 0 Å². The Morgan fingerprint density at radius 1 is 1.32 bits per heavy atom. The van der Waals surface area contributed by atoms with Crippen LogP contribution in [-0.4, -0.2) is 9.55 Å². The number of hydrogen-bond acceptors (Lipinski definition) is 2. The van der Waals surface area contributed by atoms with E-state index in [0.29, 0.717) is 5.92 Å². The number of nitrogens with zero attached hydrogens (tertiary/aromatic N) is 2. The maximum absolute atomic E-state index is 4.40. The molecule has 0 amide bonds. The van der Waals surface area contributed by atoms with Crippen molar-refractivity contribution in [2.45, 2.75) is 34.2 Å². The van der Waals surface area contributed by atoms with Crippen molar-refractivity contribution in [3.05, 3.63) is 40.1 Å². The summed E-state index contributed by atoms with van der Waals surface area (Å²) in [5.74, 6) is 1.48. The summed E-state index contributed by atoms with van der Waals surface area (Å²) in [6, 6.07) is 4.29. The minimum atomic E-state index is 0.595. The normalized spacial score (nSPS) is 11.1. The summed E-state index contributed by atoms with van der Waals surface area (Å²) in [5.41, 5.74) is 3.55. The van der Waals surface area contributed by atoms with Gasteiger partial charge >= 0.3 is 0 Å². The molecule has 0 aliphatic rings. The molecule has 102 valence electrons. The highest BCUT2D eigenvalue weighted by Crippen LogP contribution is 2.30. The van der Waals surface area contributed by atoms with Crippen LogP contribution in [0.4, 0.5) is 11.6 Å². The Hall–Kier alpha value is -1.29. The van der Waals surface area contributed by atoms with Gasteiger partial charge in [0, 0.05) is 23.4 Å². The van der Waals surface area contributed by atoms with Gasteiger partial charge in [-0.3, -0.25) is 0 Å². The summed E-state index contributed by atoms with van der Waals surface area (Å²) in [5, 5.41) is 3.43. The largest absolute Gasteiger partial charge is 0.324 e. The van der Waals surface area contributed by atoms with Crippen molar-refractivity contribution in [1.29, 1.82) is 0 Å². The van der Waals surface area contributed by atoms with E-state index in [0.717, 1.165) is 22.7 Å². The highest BCUT2D eigenvalue weighted by molar-refractivity contribution is 9.10. The molecule has 1 aromatic carbocycles. The first kappa shape index (κ1) is 14.1. The predicted octanol–water partition coefficient (Wildman–Crippen LogP) is 4.66. The summed E-state index contributed by atoms with van der Waals surface area (Å²) < 4.78 is 3.22. The van der Waals surface area contributed by atoms with E-state index in [9.17, 15) is 0 Å². The topological polar surface area (TPSA) is 29.9 Å². The van der Waals surface area contributed by atoms with Gasteiger partial charge < -0.3 is 9.88 Å². The molecule has 0 saturated heterocycles. The first-order valence-electron chi connectivity index (χ1n) is 6.52. The van der Waals surface area contributed by atoms with Crippen molar-refractivity contribution in [2.24, 2.45) is 5.92 Å². The van der Waals surface area contributed by atoms with Crippen molar-refractivity contribution in [2.75, 3.05) is 5.32 Å². The molecule has 1 heterocycles. The van der Waals surface area contributed by atoms with Gasteiger partial charge in [0.05, 0.1) is 5.69 Å². The quantitative estimate of drug-likeness (QED) is 0.887. The summed E-state index contributed by atoms with van der Waals surface area (Å²) in [7, 11) is 0. The van der Waals surface area contributed by atoms with E-state index in [1.165, 1.54) is 11.1 Å². The molecule has 0 aliphatic heterocycles. The standard InChI is InChI=1S/C15H20BrN3/c1-10(2)9-19-6-5-17-15(19)18-14-12(4)7-11(3)8-13(14)16/h5-8,10H,9H2,1-4H3,(H,17,18).